The Labute approximate surface area is 178 Å². The quantitative estimate of drug-likeness (QED) is 0.540. The molecule has 158 valence electrons. The SMILES string of the molecule is CN=C(NCc1ccc(S(=O)(=O)N2CCCCC2)s1)NCc1ccc(C)cc1C. The van der Waals surface area contributed by atoms with E-state index in [0.29, 0.717) is 36.3 Å². The van der Waals surface area contributed by atoms with Gasteiger partial charge in [-0.15, -0.1) is 11.3 Å². The molecule has 0 radical (unpaired) electrons. The molecule has 2 aromatic rings. The summed E-state index contributed by atoms with van der Waals surface area (Å²) in [6.45, 7) is 6.67. The summed E-state index contributed by atoms with van der Waals surface area (Å²) in [5, 5.41) is 6.59. The number of aryl methyl sites for hydroxylation is 2. The summed E-state index contributed by atoms with van der Waals surface area (Å²) in [6.07, 6.45) is 3.00. The average molecular weight is 435 g/mol. The summed E-state index contributed by atoms with van der Waals surface area (Å²) in [7, 11) is -1.63. The van der Waals surface area contributed by atoms with Crippen LogP contribution in [0.15, 0.2) is 39.5 Å². The van der Waals surface area contributed by atoms with Crippen molar-refractivity contribution in [2.75, 3.05) is 20.1 Å². The standard InChI is InChI=1S/C21H30N4O2S2/c1-16-7-8-18(17(2)13-16)14-23-21(22-3)24-15-19-9-10-20(28-19)29(26,27)25-11-5-4-6-12-25/h7-10,13H,4-6,11-12,14-15H2,1-3H3,(H2,22,23,24). The maximum absolute atomic E-state index is 12.8. The van der Waals surface area contributed by atoms with E-state index >= 15 is 0 Å². The van der Waals surface area contributed by atoms with Crippen molar-refractivity contribution < 1.29 is 8.42 Å². The van der Waals surface area contributed by atoms with Gasteiger partial charge in [-0.25, -0.2) is 8.42 Å². The van der Waals surface area contributed by atoms with Crippen molar-refractivity contribution in [2.45, 2.75) is 50.4 Å². The Hall–Kier alpha value is -1.90. The molecule has 0 bridgehead atoms. The predicted molar refractivity (Wildman–Crippen MR) is 120 cm³/mol. The summed E-state index contributed by atoms with van der Waals surface area (Å²) < 4.78 is 27.6. The van der Waals surface area contributed by atoms with Gasteiger partial charge in [-0.05, 0) is 49.9 Å². The number of hydrogen-bond acceptors (Lipinski definition) is 4. The molecule has 1 aromatic carbocycles. The second-order valence-electron chi connectivity index (χ2n) is 7.39. The van der Waals surface area contributed by atoms with Crippen molar-refractivity contribution in [3.8, 4) is 0 Å². The first-order valence-electron chi connectivity index (χ1n) is 9.99. The topological polar surface area (TPSA) is 73.8 Å². The van der Waals surface area contributed by atoms with Crippen LogP contribution in [0.4, 0.5) is 0 Å². The molecule has 2 heterocycles. The van der Waals surface area contributed by atoms with E-state index in [-0.39, 0.29) is 0 Å². The molecule has 0 saturated carbocycles. The first-order valence-corrected chi connectivity index (χ1v) is 12.3. The van der Waals surface area contributed by atoms with E-state index in [1.54, 1.807) is 17.4 Å². The number of benzene rings is 1. The number of sulfonamides is 1. The zero-order valence-corrected chi connectivity index (χ0v) is 19.0. The zero-order chi connectivity index (χ0) is 20.9. The third-order valence-electron chi connectivity index (χ3n) is 5.14. The highest BCUT2D eigenvalue weighted by Crippen LogP contribution is 2.27. The van der Waals surface area contributed by atoms with Gasteiger partial charge in [0.25, 0.3) is 10.0 Å². The lowest BCUT2D eigenvalue weighted by atomic mass is 10.1. The van der Waals surface area contributed by atoms with E-state index < -0.39 is 10.0 Å². The maximum Gasteiger partial charge on any atom is 0.252 e. The van der Waals surface area contributed by atoms with Crippen LogP contribution in [-0.2, 0) is 23.1 Å². The molecule has 29 heavy (non-hydrogen) atoms. The summed E-state index contributed by atoms with van der Waals surface area (Å²) >= 11 is 1.33. The van der Waals surface area contributed by atoms with Crippen molar-refractivity contribution >= 4 is 27.3 Å². The van der Waals surface area contributed by atoms with E-state index in [9.17, 15) is 8.42 Å². The minimum Gasteiger partial charge on any atom is -0.352 e. The van der Waals surface area contributed by atoms with E-state index in [0.717, 1.165) is 24.1 Å². The second kappa shape index (κ2) is 9.73. The molecule has 1 aliphatic rings. The van der Waals surface area contributed by atoms with Gasteiger partial charge < -0.3 is 10.6 Å². The van der Waals surface area contributed by atoms with Gasteiger partial charge in [0.2, 0.25) is 0 Å². The predicted octanol–water partition coefficient (Wildman–Crippen LogP) is 3.40. The lowest BCUT2D eigenvalue weighted by Gasteiger charge is -2.25. The third-order valence-corrected chi connectivity index (χ3v) is 8.60. The fraction of sp³-hybridized carbons (Fsp3) is 0.476. The average Bonchev–Trinajstić information content (AvgIpc) is 3.20. The van der Waals surface area contributed by atoms with E-state index in [1.165, 1.54) is 28.0 Å². The molecule has 0 aliphatic carbocycles. The van der Waals surface area contributed by atoms with Crippen LogP contribution in [-0.4, -0.2) is 38.8 Å². The van der Waals surface area contributed by atoms with Gasteiger partial charge in [0.1, 0.15) is 4.21 Å². The molecule has 0 spiro atoms. The molecule has 3 rings (SSSR count). The fourth-order valence-electron chi connectivity index (χ4n) is 3.44. The van der Waals surface area contributed by atoms with Gasteiger partial charge in [-0.1, -0.05) is 30.2 Å². The molecule has 1 aliphatic heterocycles. The van der Waals surface area contributed by atoms with Crippen LogP contribution in [0.2, 0.25) is 0 Å². The van der Waals surface area contributed by atoms with Crippen molar-refractivity contribution in [1.29, 1.82) is 0 Å². The second-order valence-corrected chi connectivity index (χ2v) is 10.7. The molecule has 1 fully saturated rings. The lowest BCUT2D eigenvalue weighted by Crippen LogP contribution is -2.36. The summed E-state index contributed by atoms with van der Waals surface area (Å²) in [6, 6.07) is 10.0. The van der Waals surface area contributed by atoms with Gasteiger partial charge in [0.05, 0.1) is 6.54 Å². The van der Waals surface area contributed by atoms with Crippen LogP contribution in [0.5, 0.6) is 0 Å². The molecular weight excluding hydrogens is 404 g/mol. The Morgan fingerprint density at radius 3 is 2.48 bits per heavy atom. The van der Waals surface area contributed by atoms with Crippen LogP contribution in [0.25, 0.3) is 0 Å². The van der Waals surface area contributed by atoms with Crippen LogP contribution >= 0.6 is 11.3 Å². The summed E-state index contributed by atoms with van der Waals surface area (Å²) in [4.78, 5) is 5.23. The first-order chi connectivity index (χ1) is 13.9. The highest BCUT2D eigenvalue weighted by molar-refractivity contribution is 7.91. The number of thiophene rings is 1. The highest BCUT2D eigenvalue weighted by atomic mass is 32.2. The van der Waals surface area contributed by atoms with Crippen LogP contribution in [0, 0.1) is 13.8 Å². The molecule has 0 amide bonds. The van der Waals surface area contributed by atoms with Crippen molar-refractivity contribution in [2.24, 2.45) is 4.99 Å². The number of aliphatic imine (C=N–C) groups is 1. The molecular formula is C21H30N4O2S2. The molecule has 8 heteroatoms. The zero-order valence-electron chi connectivity index (χ0n) is 17.4. The lowest BCUT2D eigenvalue weighted by molar-refractivity contribution is 0.347. The smallest absolute Gasteiger partial charge is 0.252 e. The summed E-state index contributed by atoms with van der Waals surface area (Å²) in [5.74, 6) is 0.693. The maximum atomic E-state index is 12.8. The van der Waals surface area contributed by atoms with E-state index in [2.05, 4.69) is 47.7 Å². The van der Waals surface area contributed by atoms with Crippen molar-refractivity contribution in [3.63, 3.8) is 0 Å². The summed E-state index contributed by atoms with van der Waals surface area (Å²) in [5.41, 5.74) is 3.73. The Balaban J connectivity index is 1.56. The van der Waals surface area contributed by atoms with Gasteiger partial charge in [0, 0.05) is 31.6 Å². The Bertz CT molecular complexity index is 961. The van der Waals surface area contributed by atoms with Gasteiger partial charge in [0.15, 0.2) is 5.96 Å². The monoisotopic (exact) mass is 434 g/mol. The van der Waals surface area contributed by atoms with Crippen LogP contribution in [0.3, 0.4) is 0 Å². The third kappa shape index (κ3) is 5.58. The van der Waals surface area contributed by atoms with Crippen LogP contribution < -0.4 is 10.6 Å². The minimum absolute atomic E-state index is 0.425. The fourth-order valence-corrected chi connectivity index (χ4v) is 6.41. The normalized spacial score (nSPS) is 16.0. The molecule has 1 aromatic heterocycles. The minimum atomic E-state index is -3.36. The Kier molecular flexibility index (Phi) is 7.32. The molecule has 0 unspecified atom stereocenters. The highest BCUT2D eigenvalue weighted by Gasteiger charge is 2.27. The number of piperidine rings is 1. The number of guanidine groups is 1. The molecule has 1 saturated heterocycles. The van der Waals surface area contributed by atoms with E-state index in [1.807, 2.05) is 6.07 Å². The molecule has 2 N–H and O–H groups in total. The first kappa shape index (κ1) is 21.8. The largest absolute Gasteiger partial charge is 0.352 e. The number of hydrogen-bond donors (Lipinski definition) is 2. The van der Waals surface area contributed by atoms with Crippen molar-refractivity contribution in [1.82, 2.24) is 14.9 Å². The number of rotatable bonds is 6. The number of nitrogens with one attached hydrogen (secondary N) is 2. The Morgan fingerprint density at radius 2 is 1.79 bits per heavy atom. The number of nitrogens with zero attached hydrogens (tertiary/aromatic N) is 2. The Morgan fingerprint density at radius 1 is 1.07 bits per heavy atom. The van der Waals surface area contributed by atoms with Crippen LogP contribution in [0.1, 0.15) is 40.8 Å². The van der Waals surface area contributed by atoms with Gasteiger partial charge in [-0.2, -0.15) is 4.31 Å². The van der Waals surface area contributed by atoms with E-state index in [4.69, 9.17) is 0 Å². The van der Waals surface area contributed by atoms with Gasteiger partial charge in [-0.3, -0.25) is 4.99 Å². The molecule has 6 nitrogen and oxygen atoms in total. The van der Waals surface area contributed by atoms with Crippen molar-refractivity contribution in [3.05, 3.63) is 51.9 Å². The molecule has 0 atom stereocenters. The van der Waals surface area contributed by atoms with Gasteiger partial charge >= 0.3 is 0 Å².